The van der Waals surface area contributed by atoms with Gasteiger partial charge in [-0.3, -0.25) is 14.7 Å². The van der Waals surface area contributed by atoms with Gasteiger partial charge in [0.2, 0.25) is 0 Å². The van der Waals surface area contributed by atoms with Gasteiger partial charge in [-0.25, -0.2) is 0 Å². The summed E-state index contributed by atoms with van der Waals surface area (Å²) in [6.07, 6.45) is -4.36. The number of hydrogen-bond donors (Lipinski definition) is 0. The first-order valence-corrected chi connectivity index (χ1v) is 9.69. The van der Waals surface area contributed by atoms with Crippen LogP contribution < -0.4 is 9.47 Å². The van der Waals surface area contributed by atoms with Crippen molar-refractivity contribution in [1.82, 2.24) is 4.90 Å². The van der Waals surface area contributed by atoms with Gasteiger partial charge in [-0.15, -0.1) is 0 Å². The molecule has 0 fully saturated rings. The Kier molecular flexibility index (Phi) is 6.36. The van der Waals surface area contributed by atoms with Gasteiger partial charge >= 0.3 is 6.18 Å². The highest BCUT2D eigenvalue weighted by molar-refractivity contribution is 8.13. The number of amidine groups is 1. The molecule has 154 valence electrons. The molecule has 0 atom stereocenters. The number of benzene rings is 2. The number of methoxy groups -OCH3 is 2. The Labute approximate surface area is 170 Å². The Hall–Kier alpha value is -2.68. The first-order chi connectivity index (χ1) is 13.8. The van der Waals surface area contributed by atoms with Crippen LogP contribution in [0, 0.1) is 0 Å². The predicted molar refractivity (Wildman–Crippen MR) is 106 cm³/mol. The smallest absolute Gasteiger partial charge is 0.416 e. The summed E-state index contributed by atoms with van der Waals surface area (Å²) in [5.41, 5.74) is 0.471. The van der Waals surface area contributed by atoms with E-state index in [1.54, 1.807) is 23.1 Å². The van der Waals surface area contributed by atoms with Crippen LogP contribution in [0.3, 0.4) is 0 Å². The Balaban J connectivity index is 1.68. The van der Waals surface area contributed by atoms with Crippen LogP contribution in [0.25, 0.3) is 0 Å². The van der Waals surface area contributed by atoms with E-state index in [1.165, 1.54) is 38.1 Å². The van der Waals surface area contributed by atoms with Crippen molar-refractivity contribution in [1.29, 1.82) is 0 Å². The van der Waals surface area contributed by atoms with Crippen molar-refractivity contribution in [3.63, 3.8) is 0 Å². The molecule has 2 aromatic carbocycles. The van der Waals surface area contributed by atoms with Crippen LogP contribution in [0.5, 0.6) is 11.5 Å². The highest BCUT2D eigenvalue weighted by Gasteiger charge is 2.30. The minimum Gasteiger partial charge on any atom is -0.493 e. The molecular formula is C20H19F3N2O3S. The largest absolute Gasteiger partial charge is 0.493 e. The van der Waals surface area contributed by atoms with E-state index in [0.717, 1.165) is 17.7 Å². The van der Waals surface area contributed by atoms with Gasteiger partial charge in [-0.2, -0.15) is 13.2 Å². The predicted octanol–water partition coefficient (Wildman–Crippen LogP) is 4.47. The van der Waals surface area contributed by atoms with Crippen LogP contribution in [-0.4, -0.2) is 43.3 Å². The zero-order valence-corrected chi connectivity index (χ0v) is 16.6. The van der Waals surface area contributed by atoms with Gasteiger partial charge in [0.15, 0.2) is 16.7 Å². The fourth-order valence-corrected chi connectivity index (χ4v) is 3.80. The molecule has 0 saturated heterocycles. The van der Waals surface area contributed by atoms with Crippen molar-refractivity contribution in [3.8, 4) is 11.5 Å². The van der Waals surface area contributed by atoms with Crippen LogP contribution in [-0.2, 0) is 11.9 Å². The van der Waals surface area contributed by atoms with Gasteiger partial charge < -0.3 is 9.47 Å². The number of hydrogen-bond acceptors (Lipinski definition) is 5. The van der Waals surface area contributed by atoms with Gasteiger partial charge in [-0.05, 0) is 35.9 Å². The molecule has 0 bridgehead atoms. The molecule has 0 aliphatic carbocycles. The van der Waals surface area contributed by atoms with E-state index in [0.29, 0.717) is 41.1 Å². The molecule has 5 nitrogen and oxygen atoms in total. The number of alkyl halides is 3. The van der Waals surface area contributed by atoms with Crippen LogP contribution in [0.4, 0.5) is 13.2 Å². The summed E-state index contributed by atoms with van der Waals surface area (Å²) >= 11 is 1.32. The van der Waals surface area contributed by atoms with Crippen molar-refractivity contribution in [3.05, 3.63) is 59.2 Å². The lowest BCUT2D eigenvalue weighted by Crippen LogP contribution is -2.32. The third kappa shape index (κ3) is 4.84. The molecule has 0 saturated carbocycles. The molecule has 2 aromatic rings. The lowest BCUT2D eigenvalue weighted by atomic mass is 10.1. The molecule has 29 heavy (non-hydrogen) atoms. The monoisotopic (exact) mass is 424 g/mol. The lowest BCUT2D eigenvalue weighted by molar-refractivity contribution is -0.137. The third-order valence-electron chi connectivity index (χ3n) is 4.33. The SMILES string of the molecule is COc1ccc(C(=O)N2CCN=C2SCc2ccc(C(F)(F)F)cc2)cc1OC. The molecule has 1 heterocycles. The van der Waals surface area contributed by atoms with E-state index in [4.69, 9.17) is 9.47 Å². The second-order valence-corrected chi connectivity index (χ2v) is 7.12. The van der Waals surface area contributed by atoms with Crippen molar-refractivity contribution in [2.45, 2.75) is 11.9 Å². The third-order valence-corrected chi connectivity index (χ3v) is 5.41. The Bertz CT molecular complexity index is 914. The summed E-state index contributed by atoms with van der Waals surface area (Å²) in [5.74, 6) is 1.17. The second kappa shape index (κ2) is 8.77. The molecular weight excluding hydrogens is 405 g/mol. The minimum atomic E-state index is -4.36. The van der Waals surface area contributed by atoms with Gasteiger partial charge in [0.25, 0.3) is 5.91 Å². The van der Waals surface area contributed by atoms with Crippen LogP contribution in [0.15, 0.2) is 47.5 Å². The van der Waals surface area contributed by atoms with Crippen molar-refractivity contribution in [2.75, 3.05) is 27.3 Å². The summed E-state index contributed by atoms with van der Waals surface area (Å²) in [6.45, 7) is 0.927. The Morgan fingerprint density at radius 3 is 2.41 bits per heavy atom. The fraction of sp³-hybridized carbons (Fsp3) is 0.300. The Morgan fingerprint density at radius 2 is 1.79 bits per heavy atom. The van der Waals surface area contributed by atoms with Gasteiger partial charge in [0, 0.05) is 17.9 Å². The summed E-state index contributed by atoms with van der Waals surface area (Å²) in [6, 6.07) is 9.90. The number of nitrogens with zero attached hydrogens (tertiary/aromatic N) is 2. The molecule has 0 radical (unpaired) electrons. The highest BCUT2D eigenvalue weighted by atomic mass is 32.2. The number of amides is 1. The first kappa shape index (κ1) is 21.0. The average Bonchev–Trinajstić information content (AvgIpc) is 3.19. The molecule has 0 aromatic heterocycles. The normalized spacial score (nSPS) is 14.0. The number of thioether (sulfide) groups is 1. The molecule has 1 aliphatic heterocycles. The van der Waals surface area contributed by atoms with Crippen LogP contribution in [0.2, 0.25) is 0 Å². The quantitative estimate of drug-likeness (QED) is 0.711. The van der Waals surface area contributed by atoms with Crippen LogP contribution >= 0.6 is 11.8 Å². The van der Waals surface area contributed by atoms with E-state index in [-0.39, 0.29) is 5.91 Å². The standard InChI is InChI=1S/C20H19F3N2O3S/c1-27-16-8-5-14(11-17(16)28-2)18(26)25-10-9-24-19(25)29-12-13-3-6-15(7-4-13)20(21,22)23/h3-8,11H,9-10,12H2,1-2H3. The molecule has 9 heteroatoms. The van der Waals surface area contributed by atoms with Gasteiger partial charge in [-0.1, -0.05) is 23.9 Å². The Morgan fingerprint density at radius 1 is 1.10 bits per heavy atom. The number of carbonyl (C=O) groups is 1. The average molecular weight is 424 g/mol. The van der Waals surface area contributed by atoms with Crippen molar-refractivity contribution < 1.29 is 27.4 Å². The fourth-order valence-electron chi connectivity index (χ4n) is 2.80. The van der Waals surface area contributed by atoms with Gasteiger partial charge in [0.1, 0.15) is 0 Å². The zero-order chi connectivity index (χ0) is 21.0. The number of carbonyl (C=O) groups excluding carboxylic acids is 1. The molecule has 3 rings (SSSR count). The first-order valence-electron chi connectivity index (χ1n) is 8.70. The summed E-state index contributed by atoms with van der Waals surface area (Å²) in [5, 5.41) is 0.546. The van der Waals surface area contributed by atoms with E-state index in [9.17, 15) is 18.0 Å². The van der Waals surface area contributed by atoms with E-state index in [2.05, 4.69) is 4.99 Å². The topological polar surface area (TPSA) is 51.1 Å². The molecule has 0 spiro atoms. The van der Waals surface area contributed by atoms with Crippen molar-refractivity contribution in [2.24, 2.45) is 4.99 Å². The summed E-state index contributed by atoms with van der Waals surface area (Å²) in [4.78, 5) is 18.8. The summed E-state index contributed by atoms with van der Waals surface area (Å²) in [7, 11) is 3.01. The zero-order valence-electron chi connectivity index (χ0n) is 15.8. The minimum absolute atomic E-state index is 0.220. The second-order valence-electron chi connectivity index (χ2n) is 6.17. The highest BCUT2D eigenvalue weighted by Crippen LogP contribution is 2.31. The maximum absolute atomic E-state index is 12.9. The number of aliphatic imine (C=N–C) groups is 1. The molecule has 1 amide bonds. The number of halogens is 3. The van der Waals surface area contributed by atoms with E-state index < -0.39 is 11.7 Å². The van der Waals surface area contributed by atoms with E-state index in [1.807, 2.05) is 0 Å². The molecule has 0 N–H and O–H groups in total. The maximum Gasteiger partial charge on any atom is 0.416 e. The molecule has 1 aliphatic rings. The number of ether oxygens (including phenoxy) is 2. The number of rotatable bonds is 5. The van der Waals surface area contributed by atoms with E-state index >= 15 is 0 Å². The van der Waals surface area contributed by atoms with Crippen LogP contribution in [0.1, 0.15) is 21.5 Å². The maximum atomic E-state index is 12.9. The summed E-state index contributed by atoms with van der Waals surface area (Å²) < 4.78 is 48.4. The van der Waals surface area contributed by atoms with Gasteiger partial charge in [0.05, 0.1) is 26.3 Å². The van der Waals surface area contributed by atoms with Crippen molar-refractivity contribution >= 4 is 22.8 Å². The lowest BCUT2D eigenvalue weighted by Gasteiger charge is -2.19. The molecule has 0 unspecified atom stereocenters.